The first-order valence-electron chi connectivity index (χ1n) is 14.8. The average Bonchev–Trinajstić information content (AvgIpc) is 3.47. The molecule has 0 spiro atoms. The quantitative estimate of drug-likeness (QED) is 0.0861. The van der Waals surface area contributed by atoms with Gasteiger partial charge in [-0.1, -0.05) is 60.7 Å². The number of nitrogens with zero attached hydrogens (tertiary/aromatic N) is 4. The first kappa shape index (κ1) is 29.8. The van der Waals surface area contributed by atoms with Crippen LogP contribution in [-0.2, 0) is 9.53 Å². The van der Waals surface area contributed by atoms with Crippen LogP contribution in [0.4, 0.5) is 17.2 Å². The molecule has 2 heterocycles. The number of nitriles is 1. The summed E-state index contributed by atoms with van der Waals surface area (Å²) in [6.07, 6.45) is 0. The number of hydrazone groups is 1. The lowest BCUT2D eigenvalue weighted by molar-refractivity contribution is -0.134. The van der Waals surface area contributed by atoms with Crippen molar-refractivity contribution < 1.29 is 9.53 Å². The van der Waals surface area contributed by atoms with Crippen molar-refractivity contribution in [3.63, 3.8) is 0 Å². The van der Waals surface area contributed by atoms with Crippen LogP contribution in [0.3, 0.4) is 0 Å². The SMILES string of the molecule is CCOC(=O)/C(C#N)=N/Nc1ccc(Nc2nnc(-c3ccc(C)c(C)c3)cc2-c2c(-c3ccccc3)[nH]c3ccccc23)cc1. The van der Waals surface area contributed by atoms with Crippen molar-refractivity contribution >= 4 is 39.8 Å². The molecule has 4 aromatic carbocycles. The third-order valence-electron chi connectivity index (χ3n) is 7.65. The molecule has 0 aliphatic carbocycles. The van der Waals surface area contributed by atoms with Crippen LogP contribution in [0, 0.1) is 25.2 Å². The second-order valence-corrected chi connectivity index (χ2v) is 10.7. The summed E-state index contributed by atoms with van der Waals surface area (Å²) < 4.78 is 4.86. The minimum atomic E-state index is -0.779. The van der Waals surface area contributed by atoms with Gasteiger partial charge in [0.1, 0.15) is 6.07 Å². The molecule has 9 nitrogen and oxygen atoms in total. The van der Waals surface area contributed by atoms with Crippen molar-refractivity contribution in [1.82, 2.24) is 15.2 Å². The fourth-order valence-corrected chi connectivity index (χ4v) is 5.16. The van der Waals surface area contributed by atoms with E-state index in [1.165, 1.54) is 11.1 Å². The van der Waals surface area contributed by atoms with Gasteiger partial charge in [0.05, 0.1) is 23.7 Å². The molecule has 0 unspecified atom stereocenters. The number of carbonyl (C=O) groups is 1. The Morgan fingerprint density at radius 1 is 0.870 bits per heavy atom. The first-order valence-corrected chi connectivity index (χ1v) is 14.8. The van der Waals surface area contributed by atoms with Crippen molar-refractivity contribution in [2.24, 2.45) is 5.10 Å². The molecule has 0 saturated carbocycles. The van der Waals surface area contributed by atoms with Crippen molar-refractivity contribution in [3.05, 3.63) is 114 Å². The Morgan fingerprint density at radius 3 is 2.35 bits per heavy atom. The van der Waals surface area contributed by atoms with Gasteiger partial charge < -0.3 is 15.0 Å². The first-order chi connectivity index (χ1) is 22.4. The number of benzene rings is 4. The van der Waals surface area contributed by atoms with Crippen LogP contribution in [0.1, 0.15) is 18.1 Å². The second kappa shape index (κ2) is 13.2. The Bertz CT molecular complexity index is 2110. The van der Waals surface area contributed by atoms with Crippen LogP contribution < -0.4 is 10.7 Å². The van der Waals surface area contributed by atoms with Gasteiger partial charge in [-0.3, -0.25) is 5.43 Å². The standard InChI is InChI=1S/C37H31N7O2/c1-4-46-37(45)33(22-38)43-41-28-18-16-27(17-19-28)39-36-30(21-32(42-44-36)26-15-14-23(2)24(3)20-26)34-29-12-8-9-13-31(29)40-35(34)25-10-6-5-7-11-25/h5-21,40-41H,4H2,1-3H3,(H,39,44)/b43-33+. The normalized spacial score (nSPS) is 11.2. The van der Waals surface area contributed by atoms with Crippen LogP contribution in [0.5, 0.6) is 0 Å². The van der Waals surface area contributed by atoms with E-state index in [0.717, 1.165) is 50.2 Å². The Labute approximate surface area is 266 Å². The summed E-state index contributed by atoms with van der Waals surface area (Å²) in [6, 6.07) is 35.9. The lowest BCUT2D eigenvalue weighted by Crippen LogP contribution is -2.17. The third-order valence-corrected chi connectivity index (χ3v) is 7.65. The van der Waals surface area contributed by atoms with Gasteiger partial charge in [-0.25, -0.2) is 4.79 Å². The van der Waals surface area contributed by atoms with Crippen LogP contribution >= 0.6 is 0 Å². The molecule has 46 heavy (non-hydrogen) atoms. The fourth-order valence-electron chi connectivity index (χ4n) is 5.16. The number of rotatable bonds is 9. The second-order valence-electron chi connectivity index (χ2n) is 10.7. The minimum Gasteiger partial charge on any atom is -0.461 e. The molecule has 0 atom stereocenters. The van der Waals surface area contributed by atoms with Gasteiger partial charge >= 0.3 is 5.97 Å². The number of hydrogen-bond acceptors (Lipinski definition) is 8. The molecule has 0 saturated heterocycles. The van der Waals surface area contributed by atoms with Crippen LogP contribution in [0.25, 0.3) is 44.5 Å². The number of hydrogen-bond donors (Lipinski definition) is 3. The van der Waals surface area contributed by atoms with Gasteiger partial charge in [0.2, 0.25) is 5.71 Å². The van der Waals surface area contributed by atoms with Crippen LogP contribution in [0.2, 0.25) is 0 Å². The van der Waals surface area contributed by atoms with Crippen LogP contribution in [0.15, 0.2) is 108 Å². The summed E-state index contributed by atoms with van der Waals surface area (Å²) in [7, 11) is 0. The number of anilines is 3. The molecule has 0 aliphatic rings. The number of aromatic nitrogens is 3. The number of nitrogens with one attached hydrogen (secondary N) is 3. The van der Waals surface area contributed by atoms with Gasteiger partial charge in [0.15, 0.2) is 5.82 Å². The Balaban J connectivity index is 1.43. The predicted octanol–water partition coefficient (Wildman–Crippen LogP) is 8.17. The van der Waals surface area contributed by atoms with E-state index in [9.17, 15) is 10.1 Å². The van der Waals surface area contributed by atoms with E-state index in [4.69, 9.17) is 9.84 Å². The fraction of sp³-hybridized carbons (Fsp3) is 0.108. The molecule has 226 valence electrons. The van der Waals surface area contributed by atoms with Gasteiger partial charge in [-0.15, -0.1) is 10.2 Å². The van der Waals surface area contributed by atoms with Crippen LogP contribution in [-0.4, -0.2) is 33.5 Å². The zero-order chi connectivity index (χ0) is 32.0. The minimum absolute atomic E-state index is 0.155. The molecule has 0 amide bonds. The molecule has 0 fully saturated rings. The number of esters is 1. The number of aryl methyl sites for hydroxylation is 2. The number of aromatic amines is 1. The smallest absolute Gasteiger partial charge is 0.369 e. The Kier molecular flexibility index (Phi) is 8.52. The summed E-state index contributed by atoms with van der Waals surface area (Å²) >= 11 is 0. The van der Waals surface area contributed by atoms with E-state index in [1.807, 2.05) is 42.5 Å². The summed E-state index contributed by atoms with van der Waals surface area (Å²) in [6.45, 7) is 6.01. The summed E-state index contributed by atoms with van der Waals surface area (Å²) in [4.78, 5) is 15.5. The number of para-hydroxylation sites is 1. The zero-order valence-electron chi connectivity index (χ0n) is 25.6. The number of H-pyrrole nitrogens is 1. The highest BCUT2D eigenvalue weighted by Crippen LogP contribution is 2.42. The molecular weight excluding hydrogens is 574 g/mol. The third kappa shape index (κ3) is 6.18. The molecule has 0 radical (unpaired) electrons. The highest BCUT2D eigenvalue weighted by atomic mass is 16.5. The maximum absolute atomic E-state index is 11.9. The van der Waals surface area contributed by atoms with Gasteiger partial charge in [-0.05, 0) is 79.9 Å². The van der Waals surface area contributed by atoms with Gasteiger partial charge in [0.25, 0.3) is 0 Å². The van der Waals surface area contributed by atoms with Crippen molar-refractivity contribution in [2.45, 2.75) is 20.8 Å². The van der Waals surface area contributed by atoms with Gasteiger partial charge in [-0.2, -0.15) is 10.4 Å². The largest absolute Gasteiger partial charge is 0.461 e. The van der Waals surface area contributed by atoms with Gasteiger partial charge in [0, 0.05) is 33.3 Å². The topological polar surface area (TPSA) is 128 Å². The molecule has 6 aromatic rings. The summed E-state index contributed by atoms with van der Waals surface area (Å²) in [5, 5.41) is 27.0. The Hall–Kier alpha value is -6.27. The zero-order valence-corrected chi connectivity index (χ0v) is 25.6. The number of ether oxygens (including phenoxy) is 1. The van der Waals surface area contributed by atoms with E-state index >= 15 is 0 Å². The number of fused-ring (bicyclic) bond motifs is 1. The highest BCUT2D eigenvalue weighted by molar-refractivity contribution is 6.43. The van der Waals surface area contributed by atoms with E-state index < -0.39 is 5.97 Å². The average molecular weight is 606 g/mol. The van der Waals surface area contributed by atoms with Crippen molar-refractivity contribution in [1.29, 1.82) is 5.26 Å². The molecule has 0 aliphatic heterocycles. The molecule has 3 N–H and O–H groups in total. The lowest BCUT2D eigenvalue weighted by Gasteiger charge is -2.15. The maximum atomic E-state index is 11.9. The van der Waals surface area contributed by atoms with E-state index in [-0.39, 0.29) is 12.3 Å². The predicted molar refractivity (Wildman–Crippen MR) is 183 cm³/mol. The lowest BCUT2D eigenvalue weighted by atomic mass is 9.97. The summed E-state index contributed by atoms with van der Waals surface area (Å²) in [5.41, 5.74) is 12.8. The van der Waals surface area contributed by atoms with E-state index in [0.29, 0.717) is 11.5 Å². The summed E-state index contributed by atoms with van der Waals surface area (Å²) in [5.74, 6) is -0.194. The maximum Gasteiger partial charge on any atom is 0.369 e. The van der Waals surface area contributed by atoms with Crippen molar-refractivity contribution in [3.8, 4) is 39.7 Å². The van der Waals surface area contributed by atoms with E-state index in [2.05, 4.69) is 88.3 Å². The molecule has 2 aromatic heterocycles. The highest BCUT2D eigenvalue weighted by Gasteiger charge is 2.21. The van der Waals surface area contributed by atoms with E-state index in [1.54, 1.807) is 25.1 Å². The molecular formula is C37H31N7O2. The molecule has 0 bridgehead atoms. The van der Waals surface area contributed by atoms with Crippen molar-refractivity contribution in [2.75, 3.05) is 17.3 Å². The monoisotopic (exact) mass is 605 g/mol. The molecule has 6 rings (SSSR count). The molecule has 9 heteroatoms. The number of carbonyl (C=O) groups excluding carboxylic acids is 1. The Morgan fingerprint density at radius 2 is 1.61 bits per heavy atom.